The standard InChI is InChI=1S/C13H14FN3/c14-17-10(8-16-3-1-2-4-16)6-12-11-5-9(11)7-15-13(12)17/h6-7H,1-5,8H2. The van der Waals surface area contributed by atoms with Crippen molar-refractivity contribution in [2.75, 3.05) is 13.1 Å². The molecule has 2 aromatic rings. The number of rotatable bonds is 2. The first-order valence-corrected chi connectivity index (χ1v) is 6.22. The molecule has 2 aliphatic rings. The Balaban J connectivity index is 1.75. The van der Waals surface area contributed by atoms with Crippen LogP contribution in [0.15, 0.2) is 12.3 Å². The van der Waals surface area contributed by atoms with E-state index in [0.717, 1.165) is 35.4 Å². The van der Waals surface area contributed by atoms with Crippen molar-refractivity contribution in [3.8, 4) is 0 Å². The Morgan fingerprint density at radius 3 is 2.94 bits per heavy atom. The van der Waals surface area contributed by atoms with Crippen molar-refractivity contribution >= 4 is 11.0 Å². The van der Waals surface area contributed by atoms with Crippen LogP contribution >= 0.6 is 0 Å². The molecule has 0 aromatic carbocycles. The highest BCUT2D eigenvalue weighted by atomic mass is 19.2. The molecule has 88 valence electrons. The van der Waals surface area contributed by atoms with Crippen LogP contribution in [0.4, 0.5) is 4.48 Å². The Hall–Kier alpha value is -1.42. The van der Waals surface area contributed by atoms with Crippen LogP contribution in [0.1, 0.15) is 29.7 Å². The summed E-state index contributed by atoms with van der Waals surface area (Å²) in [6.07, 6.45) is 5.26. The van der Waals surface area contributed by atoms with Gasteiger partial charge in [0, 0.05) is 24.5 Å². The minimum atomic E-state index is 0.496. The summed E-state index contributed by atoms with van der Waals surface area (Å²) in [6.45, 7) is 2.89. The summed E-state index contributed by atoms with van der Waals surface area (Å²) in [6, 6.07) is 1.98. The second-order valence-electron chi connectivity index (χ2n) is 5.08. The van der Waals surface area contributed by atoms with E-state index in [1.807, 2.05) is 6.07 Å². The number of hydrogen-bond acceptors (Lipinski definition) is 2. The van der Waals surface area contributed by atoms with Gasteiger partial charge in [0.05, 0.1) is 5.69 Å². The number of fused-ring (bicyclic) bond motifs is 3. The van der Waals surface area contributed by atoms with E-state index in [9.17, 15) is 4.48 Å². The highest BCUT2D eigenvalue weighted by Gasteiger charge is 2.25. The molecule has 2 aromatic heterocycles. The first kappa shape index (κ1) is 9.59. The van der Waals surface area contributed by atoms with Crippen molar-refractivity contribution < 1.29 is 4.48 Å². The van der Waals surface area contributed by atoms with Crippen LogP contribution in [0, 0.1) is 0 Å². The summed E-state index contributed by atoms with van der Waals surface area (Å²) in [5, 5.41) is 1.01. The SMILES string of the molecule is Fn1c(CN2CCCC2)cc2c3c(cnc21)C3. The molecule has 0 N–H and O–H groups in total. The van der Waals surface area contributed by atoms with Crippen molar-refractivity contribution in [1.29, 1.82) is 0 Å². The van der Waals surface area contributed by atoms with Gasteiger partial charge in [0.25, 0.3) is 0 Å². The van der Waals surface area contributed by atoms with Gasteiger partial charge in [-0.2, -0.15) is 4.79 Å². The highest BCUT2D eigenvalue weighted by Crippen LogP contribution is 2.35. The van der Waals surface area contributed by atoms with Crippen molar-refractivity contribution in [1.82, 2.24) is 14.7 Å². The van der Waals surface area contributed by atoms with Crippen LogP contribution in [0.5, 0.6) is 0 Å². The number of aromatic nitrogens is 2. The molecule has 0 radical (unpaired) electrons. The van der Waals surface area contributed by atoms with E-state index in [0.29, 0.717) is 12.2 Å². The quantitative estimate of drug-likeness (QED) is 0.674. The van der Waals surface area contributed by atoms with Gasteiger partial charge in [-0.05, 0) is 43.1 Å². The van der Waals surface area contributed by atoms with Gasteiger partial charge in [0.2, 0.25) is 0 Å². The van der Waals surface area contributed by atoms with Crippen LogP contribution < -0.4 is 0 Å². The molecule has 1 aliphatic carbocycles. The second kappa shape index (κ2) is 3.29. The molecule has 3 heterocycles. The molecule has 1 saturated heterocycles. The summed E-state index contributed by atoms with van der Waals surface area (Å²) in [5.41, 5.74) is 3.80. The molecule has 0 atom stereocenters. The maximum atomic E-state index is 14.1. The van der Waals surface area contributed by atoms with E-state index < -0.39 is 0 Å². The summed E-state index contributed by atoms with van der Waals surface area (Å²) in [4.78, 5) is 7.28. The molecule has 4 heteroatoms. The lowest BCUT2D eigenvalue weighted by molar-refractivity contribution is 0.290. The van der Waals surface area contributed by atoms with Gasteiger partial charge in [-0.25, -0.2) is 4.98 Å². The normalized spacial score (nSPS) is 18.9. The zero-order valence-electron chi connectivity index (χ0n) is 9.62. The van der Waals surface area contributed by atoms with E-state index >= 15 is 0 Å². The predicted molar refractivity (Wildman–Crippen MR) is 63.6 cm³/mol. The lowest BCUT2D eigenvalue weighted by Crippen LogP contribution is -2.19. The number of nitrogens with zero attached hydrogens (tertiary/aromatic N) is 3. The third-order valence-electron chi connectivity index (χ3n) is 3.87. The summed E-state index contributed by atoms with van der Waals surface area (Å²) < 4.78 is 14.1. The minimum absolute atomic E-state index is 0.496. The third kappa shape index (κ3) is 1.40. The highest BCUT2D eigenvalue weighted by molar-refractivity contribution is 5.86. The van der Waals surface area contributed by atoms with E-state index in [2.05, 4.69) is 9.88 Å². The number of halogens is 1. The van der Waals surface area contributed by atoms with E-state index in [4.69, 9.17) is 0 Å². The van der Waals surface area contributed by atoms with E-state index in [-0.39, 0.29) is 0 Å². The molecule has 3 nitrogen and oxygen atoms in total. The van der Waals surface area contributed by atoms with Crippen LogP contribution in [0.2, 0.25) is 0 Å². The average Bonchev–Trinajstić information content (AvgIpc) is 2.83. The third-order valence-corrected chi connectivity index (χ3v) is 3.87. The van der Waals surface area contributed by atoms with Crippen molar-refractivity contribution in [3.05, 3.63) is 29.1 Å². The fraction of sp³-hybridized carbons (Fsp3) is 0.462. The minimum Gasteiger partial charge on any atom is -0.297 e. The first-order valence-electron chi connectivity index (χ1n) is 6.22. The zero-order chi connectivity index (χ0) is 11.4. The maximum absolute atomic E-state index is 14.1. The number of hydrogen-bond donors (Lipinski definition) is 0. The van der Waals surface area contributed by atoms with Crippen LogP contribution in [-0.2, 0) is 13.0 Å². The van der Waals surface area contributed by atoms with Crippen LogP contribution in [0.3, 0.4) is 0 Å². The van der Waals surface area contributed by atoms with Crippen molar-refractivity contribution in [3.63, 3.8) is 0 Å². The van der Waals surface area contributed by atoms with Gasteiger partial charge in [-0.15, -0.1) is 0 Å². The van der Waals surface area contributed by atoms with Crippen LogP contribution in [0.25, 0.3) is 11.0 Å². The molecule has 1 fully saturated rings. The Kier molecular flexibility index (Phi) is 1.86. The smallest absolute Gasteiger partial charge is 0.170 e. The van der Waals surface area contributed by atoms with Gasteiger partial charge in [0.1, 0.15) is 0 Å². The lowest BCUT2D eigenvalue weighted by Gasteiger charge is -2.13. The number of likely N-dealkylation sites (tertiary alicyclic amines) is 1. The Bertz CT molecular complexity index is 596. The molecule has 0 saturated carbocycles. The summed E-state index contributed by atoms with van der Waals surface area (Å²) in [5.74, 6) is 0. The second-order valence-corrected chi connectivity index (χ2v) is 5.08. The average molecular weight is 231 g/mol. The maximum Gasteiger partial charge on any atom is 0.170 e. The van der Waals surface area contributed by atoms with Crippen LogP contribution in [-0.4, -0.2) is 27.8 Å². The fourth-order valence-corrected chi connectivity index (χ4v) is 2.83. The molecular weight excluding hydrogens is 217 g/mol. The molecule has 0 spiro atoms. The van der Waals surface area contributed by atoms with E-state index in [1.165, 1.54) is 24.0 Å². The monoisotopic (exact) mass is 231 g/mol. The largest absolute Gasteiger partial charge is 0.297 e. The van der Waals surface area contributed by atoms with Gasteiger partial charge >= 0.3 is 0 Å². The number of pyridine rings is 1. The zero-order valence-corrected chi connectivity index (χ0v) is 9.62. The lowest BCUT2D eigenvalue weighted by atomic mass is 10.3. The molecule has 4 rings (SSSR count). The Labute approximate surface area is 98.8 Å². The van der Waals surface area contributed by atoms with E-state index in [1.54, 1.807) is 6.20 Å². The molecule has 0 bridgehead atoms. The fourth-order valence-electron chi connectivity index (χ4n) is 2.83. The first-order chi connectivity index (χ1) is 8.33. The topological polar surface area (TPSA) is 21.1 Å². The van der Waals surface area contributed by atoms with Gasteiger partial charge in [0.15, 0.2) is 5.65 Å². The van der Waals surface area contributed by atoms with Gasteiger partial charge < -0.3 is 0 Å². The summed E-state index contributed by atoms with van der Waals surface area (Å²) in [7, 11) is 0. The predicted octanol–water partition coefficient (Wildman–Crippen LogP) is 2.27. The van der Waals surface area contributed by atoms with Gasteiger partial charge in [-0.1, -0.05) is 4.48 Å². The van der Waals surface area contributed by atoms with Crippen molar-refractivity contribution in [2.45, 2.75) is 25.8 Å². The summed E-state index contributed by atoms with van der Waals surface area (Å²) >= 11 is 0. The molecule has 0 amide bonds. The molecule has 17 heavy (non-hydrogen) atoms. The Morgan fingerprint density at radius 2 is 2.12 bits per heavy atom. The van der Waals surface area contributed by atoms with Crippen molar-refractivity contribution in [2.24, 2.45) is 0 Å². The van der Waals surface area contributed by atoms with Gasteiger partial charge in [-0.3, -0.25) is 4.90 Å². The Morgan fingerprint density at radius 1 is 1.29 bits per heavy atom. The molecular formula is C13H14FN3. The molecule has 0 unspecified atom stereocenters. The molecule has 1 aliphatic heterocycles.